The van der Waals surface area contributed by atoms with Gasteiger partial charge in [0.05, 0.1) is 13.0 Å². The third kappa shape index (κ3) is 4.22. The van der Waals surface area contributed by atoms with Gasteiger partial charge in [0.1, 0.15) is 0 Å². The molecule has 0 aliphatic heterocycles. The molecule has 3 rings (SSSR count). The summed E-state index contributed by atoms with van der Waals surface area (Å²) in [4.78, 5) is 11.5. The summed E-state index contributed by atoms with van der Waals surface area (Å²) < 4.78 is 4.75. The van der Waals surface area contributed by atoms with E-state index >= 15 is 0 Å². The van der Waals surface area contributed by atoms with Crippen LogP contribution in [0.5, 0.6) is 0 Å². The van der Waals surface area contributed by atoms with Crippen molar-refractivity contribution in [2.75, 3.05) is 13.7 Å². The van der Waals surface area contributed by atoms with Crippen LogP contribution in [0.25, 0.3) is 11.1 Å². The summed E-state index contributed by atoms with van der Waals surface area (Å²) in [6.45, 7) is 1.68. The molecule has 1 N–H and O–H groups in total. The van der Waals surface area contributed by atoms with E-state index in [0.717, 1.165) is 13.1 Å². The molecule has 0 saturated heterocycles. The Morgan fingerprint density at radius 1 is 1.17 bits per heavy atom. The standard InChI is InChI=1S/C20H21NO2S/c1-23-20(22)17-7-5-15(6-8-17)12-21-13-16-3-2-4-18(11-16)19-9-10-24-14-19/h2-11,14-15,17,21H,12-13H2,1H3. The van der Waals surface area contributed by atoms with Crippen LogP contribution >= 0.6 is 11.3 Å². The van der Waals surface area contributed by atoms with E-state index in [-0.39, 0.29) is 11.9 Å². The zero-order valence-electron chi connectivity index (χ0n) is 13.6. The Morgan fingerprint density at radius 3 is 2.71 bits per heavy atom. The van der Waals surface area contributed by atoms with Crippen molar-refractivity contribution in [2.45, 2.75) is 6.54 Å². The van der Waals surface area contributed by atoms with Crippen molar-refractivity contribution in [3.05, 3.63) is 71.0 Å². The molecular weight excluding hydrogens is 318 g/mol. The number of ether oxygens (including phenoxy) is 1. The smallest absolute Gasteiger partial charge is 0.316 e. The van der Waals surface area contributed by atoms with Crippen LogP contribution in [0.2, 0.25) is 0 Å². The van der Waals surface area contributed by atoms with Crippen LogP contribution < -0.4 is 5.32 Å². The largest absolute Gasteiger partial charge is 0.468 e. The lowest BCUT2D eigenvalue weighted by Gasteiger charge is -2.16. The first-order valence-electron chi connectivity index (χ1n) is 8.03. The third-order valence-electron chi connectivity index (χ3n) is 4.10. The molecule has 24 heavy (non-hydrogen) atoms. The number of esters is 1. The Labute approximate surface area is 146 Å². The van der Waals surface area contributed by atoms with Crippen molar-refractivity contribution >= 4 is 17.3 Å². The van der Waals surface area contributed by atoms with Gasteiger partial charge in [-0.1, -0.05) is 42.5 Å². The van der Waals surface area contributed by atoms with Gasteiger partial charge in [0.15, 0.2) is 0 Å². The van der Waals surface area contributed by atoms with E-state index in [9.17, 15) is 4.79 Å². The zero-order chi connectivity index (χ0) is 16.8. The minimum Gasteiger partial charge on any atom is -0.468 e. The van der Waals surface area contributed by atoms with Gasteiger partial charge in [0.2, 0.25) is 0 Å². The van der Waals surface area contributed by atoms with Gasteiger partial charge in [-0.05, 0) is 39.6 Å². The lowest BCUT2D eigenvalue weighted by atomic mass is 9.96. The molecule has 1 aliphatic carbocycles. The van der Waals surface area contributed by atoms with Crippen molar-refractivity contribution in [3.63, 3.8) is 0 Å². The van der Waals surface area contributed by atoms with E-state index < -0.39 is 0 Å². The zero-order valence-corrected chi connectivity index (χ0v) is 14.5. The van der Waals surface area contributed by atoms with Gasteiger partial charge in [-0.25, -0.2) is 0 Å². The topological polar surface area (TPSA) is 38.3 Å². The van der Waals surface area contributed by atoms with Crippen molar-refractivity contribution in [2.24, 2.45) is 11.8 Å². The molecule has 0 amide bonds. The van der Waals surface area contributed by atoms with Gasteiger partial charge in [-0.3, -0.25) is 4.79 Å². The summed E-state index contributed by atoms with van der Waals surface area (Å²) in [6.07, 6.45) is 7.96. The van der Waals surface area contributed by atoms with Gasteiger partial charge in [-0.15, -0.1) is 0 Å². The number of hydrogen-bond donors (Lipinski definition) is 1. The van der Waals surface area contributed by atoms with Gasteiger partial charge in [0, 0.05) is 19.0 Å². The van der Waals surface area contributed by atoms with Crippen molar-refractivity contribution in [1.82, 2.24) is 5.32 Å². The fourth-order valence-corrected chi connectivity index (χ4v) is 3.42. The number of carbonyl (C=O) groups is 1. The second-order valence-corrected chi connectivity index (χ2v) is 6.61. The molecule has 0 radical (unpaired) electrons. The summed E-state index contributed by atoms with van der Waals surface area (Å²) >= 11 is 1.72. The molecule has 3 nitrogen and oxygen atoms in total. The lowest BCUT2D eigenvalue weighted by molar-refractivity contribution is -0.142. The normalized spacial score (nSPS) is 19.4. The molecule has 2 aromatic rings. The summed E-state index contributed by atoms with van der Waals surface area (Å²) in [6, 6.07) is 10.8. The molecule has 4 heteroatoms. The molecule has 1 aromatic heterocycles. The second kappa shape index (κ2) is 8.08. The Balaban J connectivity index is 1.50. The van der Waals surface area contributed by atoms with Crippen LogP contribution in [0.4, 0.5) is 0 Å². The Hall–Kier alpha value is -2.17. The van der Waals surface area contributed by atoms with Crippen LogP contribution in [0.15, 0.2) is 65.4 Å². The molecule has 0 atom stereocenters. The average molecular weight is 339 g/mol. The summed E-state index contributed by atoms with van der Waals surface area (Å²) in [5.41, 5.74) is 3.80. The highest BCUT2D eigenvalue weighted by molar-refractivity contribution is 7.08. The maximum absolute atomic E-state index is 11.5. The maximum Gasteiger partial charge on any atom is 0.316 e. The minimum atomic E-state index is -0.242. The van der Waals surface area contributed by atoms with Crippen LogP contribution in [0.1, 0.15) is 5.56 Å². The number of methoxy groups -OCH3 is 1. The molecule has 0 unspecified atom stereocenters. The molecular formula is C20H21NO2S. The lowest BCUT2D eigenvalue weighted by Crippen LogP contribution is -2.23. The molecule has 124 valence electrons. The fourth-order valence-electron chi connectivity index (χ4n) is 2.76. The summed E-state index contributed by atoms with van der Waals surface area (Å²) in [5, 5.41) is 7.76. The monoisotopic (exact) mass is 339 g/mol. The van der Waals surface area contributed by atoms with E-state index in [1.54, 1.807) is 11.3 Å². The Kier molecular flexibility index (Phi) is 5.62. The van der Waals surface area contributed by atoms with Gasteiger partial charge in [-0.2, -0.15) is 11.3 Å². The SMILES string of the molecule is COC(=O)C1C=CC(CNCc2cccc(-c3ccsc3)c2)C=C1. The van der Waals surface area contributed by atoms with Crippen LogP contribution in [0, 0.1) is 11.8 Å². The Morgan fingerprint density at radius 2 is 2.00 bits per heavy atom. The van der Waals surface area contributed by atoms with Crippen LogP contribution in [-0.2, 0) is 16.1 Å². The van der Waals surface area contributed by atoms with Crippen LogP contribution in [-0.4, -0.2) is 19.6 Å². The number of rotatable bonds is 6. The van der Waals surface area contributed by atoms with Crippen molar-refractivity contribution < 1.29 is 9.53 Å². The number of hydrogen-bond acceptors (Lipinski definition) is 4. The predicted octanol–water partition coefficient (Wildman–Crippen LogP) is 4.04. The van der Waals surface area contributed by atoms with E-state index in [1.807, 2.05) is 12.2 Å². The van der Waals surface area contributed by atoms with Crippen LogP contribution in [0.3, 0.4) is 0 Å². The first kappa shape index (κ1) is 16.7. The third-order valence-corrected chi connectivity index (χ3v) is 4.78. The fraction of sp³-hybridized carbons (Fsp3) is 0.250. The number of thiophene rings is 1. The van der Waals surface area contributed by atoms with Gasteiger partial charge < -0.3 is 10.1 Å². The quantitative estimate of drug-likeness (QED) is 0.638. The van der Waals surface area contributed by atoms with Crippen molar-refractivity contribution in [3.8, 4) is 11.1 Å². The predicted molar refractivity (Wildman–Crippen MR) is 98.7 cm³/mol. The average Bonchev–Trinajstić information content (AvgIpc) is 3.17. The van der Waals surface area contributed by atoms with Crippen molar-refractivity contribution in [1.29, 1.82) is 0 Å². The maximum atomic E-state index is 11.5. The van der Waals surface area contributed by atoms with Gasteiger partial charge in [0.25, 0.3) is 0 Å². The minimum absolute atomic E-state index is 0.209. The summed E-state index contributed by atoms with van der Waals surface area (Å²) in [5.74, 6) is -0.140. The number of carbonyl (C=O) groups excluding carboxylic acids is 1. The molecule has 1 heterocycles. The van der Waals surface area contributed by atoms with E-state index in [1.165, 1.54) is 23.8 Å². The van der Waals surface area contributed by atoms with E-state index in [2.05, 4.69) is 58.6 Å². The first-order valence-corrected chi connectivity index (χ1v) is 8.97. The molecule has 0 bridgehead atoms. The molecule has 0 saturated carbocycles. The highest BCUT2D eigenvalue weighted by atomic mass is 32.1. The molecule has 0 fully saturated rings. The molecule has 1 aromatic carbocycles. The Bertz CT molecular complexity index is 720. The highest BCUT2D eigenvalue weighted by Crippen LogP contribution is 2.23. The van der Waals surface area contributed by atoms with Gasteiger partial charge >= 0.3 is 5.97 Å². The highest BCUT2D eigenvalue weighted by Gasteiger charge is 2.16. The first-order chi connectivity index (χ1) is 11.8. The summed E-state index contributed by atoms with van der Waals surface area (Å²) in [7, 11) is 1.42. The van der Waals surface area contributed by atoms with E-state index in [4.69, 9.17) is 4.74 Å². The number of benzene rings is 1. The van der Waals surface area contributed by atoms with E-state index in [0.29, 0.717) is 5.92 Å². The molecule has 0 spiro atoms. The molecule has 1 aliphatic rings. The second-order valence-electron chi connectivity index (χ2n) is 5.83. The number of nitrogens with one attached hydrogen (secondary N) is 1.